The van der Waals surface area contributed by atoms with Gasteiger partial charge >= 0.3 is 0 Å². The van der Waals surface area contributed by atoms with E-state index >= 15 is 0 Å². The standard InChI is InChI=1S/C13H9Cl2N3O2S/c1-8-5-10(15)11(6-9(8)14)18-21(19,20)13-3-2-4-17-12(13)7-16/h2-6,18H,1H3. The Labute approximate surface area is 132 Å². The third kappa shape index (κ3) is 3.27. The maximum absolute atomic E-state index is 12.3. The second kappa shape index (κ2) is 5.90. The molecule has 108 valence electrons. The number of aromatic nitrogens is 1. The summed E-state index contributed by atoms with van der Waals surface area (Å²) in [7, 11) is -3.99. The number of hydrogen-bond acceptors (Lipinski definition) is 4. The largest absolute Gasteiger partial charge is 0.278 e. The fourth-order valence-corrected chi connectivity index (χ4v) is 3.28. The number of nitriles is 1. The van der Waals surface area contributed by atoms with E-state index in [1.165, 1.54) is 24.4 Å². The molecule has 0 atom stereocenters. The van der Waals surface area contributed by atoms with Crippen molar-refractivity contribution >= 4 is 38.9 Å². The molecule has 0 spiro atoms. The van der Waals surface area contributed by atoms with Gasteiger partial charge in [0.2, 0.25) is 0 Å². The van der Waals surface area contributed by atoms with Crippen molar-refractivity contribution in [3.05, 3.63) is 51.8 Å². The molecule has 0 saturated carbocycles. The molecule has 2 aromatic rings. The van der Waals surface area contributed by atoms with Crippen LogP contribution >= 0.6 is 23.2 Å². The van der Waals surface area contributed by atoms with Crippen LogP contribution in [0.5, 0.6) is 0 Å². The Kier molecular flexibility index (Phi) is 4.37. The van der Waals surface area contributed by atoms with E-state index < -0.39 is 10.0 Å². The minimum Gasteiger partial charge on any atom is -0.278 e. The first kappa shape index (κ1) is 15.6. The molecule has 0 amide bonds. The van der Waals surface area contributed by atoms with Crippen molar-refractivity contribution in [2.24, 2.45) is 0 Å². The minimum absolute atomic E-state index is 0.139. The van der Waals surface area contributed by atoms with Crippen molar-refractivity contribution in [2.45, 2.75) is 11.8 Å². The predicted octanol–water partition coefficient (Wildman–Crippen LogP) is 3.37. The molecule has 0 unspecified atom stereocenters. The number of benzene rings is 1. The number of nitrogens with zero attached hydrogens (tertiary/aromatic N) is 2. The van der Waals surface area contributed by atoms with Gasteiger partial charge in [0.1, 0.15) is 11.0 Å². The van der Waals surface area contributed by atoms with Crippen LogP contribution in [-0.2, 0) is 10.0 Å². The van der Waals surface area contributed by atoms with E-state index in [1.807, 2.05) is 0 Å². The zero-order valence-electron chi connectivity index (χ0n) is 10.8. The van der Waals surface area contributed by atoms with Crippen molar-refractivity contribution < 1.29 is 8.42 Å². The highest BCUT2D eigenvalue weighted by molar-refractivity contribution is 7.92. The summed E-state index contributed by atoms with van der Waals surface area (Å²) in [6.45, 7) is 1.75. The van der Waals surface area contributed by atoms with Crippen LogP contribution < -0.4 is 4.72 Å². The number of halogens is 2. The molecule has 0 fully saturated rings. The van der Waals surface area contributed by atoms with Gasteiger partial charge in [0.05, 0.1) is 10.7 Å². The Morgan fingerprint density at radius 3 is 2.67 bits per heavy atom. The second-order valence-electron chi connectivity index (χ2n) is 4.15. The number of pyridine rings is 1. The van der Waals surface area contributed by atoms with Crippen molar-refractivity contribution in [3.63, 3.8) is 0 Å². The summed E-state index contributed by atoms with van der Waals surface area (Å²) >= 11 is 12.0. The topological polar surface area (TPSA) is 82.8 Å². The van der Waals surface area contributed by atoms with Crippen molar-refractivity contribution in [3.8, 4) is 6.07 Å². The van der Waals surface area contributed by atoms with E-state index in [9.17, 15) is 8.42 Å². The fourth-order valence-electron chi connectivity index (χ4n) is 1.62. The van der Waals surface area contributed by atoms with Crippen LogP contribution in [0.2, 0.25) is 10.0 Å². The van der Waals surface area contributed by atoms with E-state index in [1.54, 1.807) is 19.1 Å². The molecule has 1 aromatic heterocycles. The lowest BCUT2D eigenvalue weighted by Crippen LogP contribution is -2.15. The summed E-state index contributed by atoms with van der Waals surface area (Å²) in [4.78, 5) is 3.50. The molecule has 0 radical (unpaired) electrons. The maximum Gasteiger partial charge on any atom is 0.264 e. The summed E-state index contributed by atoms with van der Waals surface area (Å²) in [5.74, 6) is 0. The van der Waals surface area contributed by atoms with Gasteiger partial charge in [0, 0.05) is 11.2 Å². The highest BCUT2D eigenvalue weighted by Gasteiger charge is 2.20. The van der Waals surface area contributed by atoms with E-state index in [-0.39, 0.29) is 21.3 Å². The molecule has 5 nitrogen and oxygen atoms in total. The van der Waals surface area contributed by atoms with Crippen molar-refractivity contribution in [1.29, 1.82) is 5.26 Å². The molecule has 2 rings (SSSR count). The molecule has 1 N–H and O–H groups in total. The van der Waals surface area contributed by atoms with Crippen LogP contribution in [-0.4, -0.2) is 13.4 Å². The van der Waals surface area contributed by atoms with Gasteiger partial charge in [-0.2, -0.15) is 5.26 Å². The van der Waals surface area contributed by atoms with Gasteiger partial charge < -0.3 is 0 Å². The number of anilines is 1. The Morgan fingerprint density at radius 2 is 2.00 bits per heavy atom. The van der Waals surface area contributed by atoms with Crippen LogP contribution in [0, 0.1) is 18.3 Å². The number of hydrogen-bond donors (Lipinski definition) is 1. The SMILES string of the molecule is Cc1cc(Cl)c(NS(=O)(=O)c2cccnc2C#N)cc1Cl. The van der Waals surface area contributed by atoms with E-state index in [0.717, 1.165) is 5.56 Å². The average Bonchev–Trinajstić information content (AvgIpc) is 2.44. The second-order valence-corrected chi connectivity index (χ2v) is 6.61. The summed E-state index contributed by atoms with van der Waals surface area (Å²) in [6.07, 6.45) is 1.34. The smallest absolute Gasteiger partial charge is 0.264 e. The van der Waals surface area contributed by atoms with Crippen LogP contribution in [0.1, 0.15) is 11.3 Å². The first-order valence-corrected chi connectivity index (χ1v) is 7.92. The lowest BCUT2D eigenvalue weighted by atomic mass is 10.2. The van der Waals surface area contributed by atoms with Crippen LogP contribution in [0.4, 0.5) is 5.69 Å². The van der Waals surface area contributed by atoms with E-state index in [2.05, 4.69) is 9.71 Å². The van der Waals surface area contributed by atoms with Crippen molar-refractivity contribution in [2.75, 3.05) is 4.72 Å². The zero-order chi connectivity index (χ0) is 15.6. The van der Waals surface area contributed by atoms with E-state index in [0.29, 0.717) is 5.02 Å². The first-order valence-electron chi connectivity index (χ1n) is 5.69. The van der Waals surface area contributed by atoms with Crippen LogP contribution in [0.25, 0.3) is 0 Å². The lowest BCUT2D eigenvalue weighted by Gasteiger charge is -2.11. The number of rotatable bonds is 3. The van der Waals surface area contributed by atoms with Gasteiger partial charge in [0.15, 0.2) is 5.69 Å². The quantitative estimate of drug-likeness (QED) is 0.927. The van der Waals surface area contributed by atoms with E-state index in [4.69, 9.17) is 28.5 Å². The average molecular weight is 342 g/mol. The Morgan fingerprint density at radius 1 is 1.29 bits per heavy atom. The lowest BCUT2D eigenvalue weighted by molar-refractivity contribution is 0.600. The maximum atomic E-state index is 12.3. The summed E-state index contributed by atoms with van der Waals surface area (Å²) in [5.41, 5.74) is 0.669. The Balaban J connectivity index is 2.48. The zero-order valence-corrected chi connectivity index (χ0v) is 13.1. The molecular formula is C13H9Cl2N3O2S. The third-order valence-electron chi connectivity index (χ3n) is 2.66. The minimum atomic E-state index is -3.99. The summed E-state index contributed by atoms with van der Waals surface area (Å²) in [5, 5.41) is 9.52. The molecule has 21 heavy (non-hydrogen) atoms. The normalized spacial score (nSPS) is 11.0. The monoisotopic (exact) mass is 341 g/mol. The first-order chi connectivity index (χ1) is 9.85. The number of sulfonamides is 1. The predicted molar refractivity (Wildman–Crippen MR) is 81.0 cm³/mol. The molecule has 1 aromatic carbocycles. The van der Waals surface area contributed by atoms with Crippen LogP contribution in [0.15, 0.2) is 35.4 Å². The molecular weight excluding hydrogens is 333 g/mol. The van der Waals surface area contributed by atoms with Gasteiger partial charge in [-0.15, -0.1) is 0 Å². The summed E-state index contributed by atoms with van der Waals surface area (Å²) in [6, 6.07) is 7.42. The van der Waals surface area contributed by atoms with Gasteiger partial charge in [-0.1, -0.05) is 23.2 Å². The molecule has 0 aliphatic rings. The molecule has 1 heterocycles. The molecule has 0 aliphatic heterocycles. The van der Waals surface area contributed by atoms with Crippen molar-refractivity contribution in [1.82, 2.24) is 4.98 Å². The molecule has 0 saturated heterocycles. The Hall–Kier alpha value is -1.81. The Bertz CT molecular complexity index is 845. The third-order valence-corrected chi connectivity index (χ3v) is 4.78. The van der Waals surface area contributed by atoms with Gasteiger partial charge in [-0.3, -0.25) is 4.72 Å². The highest BCUT2D eigenvalue weighted by Crippen LogP contribution is 2.30. The molecule has 0 aliphatic carbocycles. The highest BCUT2D eigenvalue weighted by atomic mass is 35.5. The van der Waals surface area contributed by atoms with Gasteiger partial charge in [-0.05, 0) is 36.8 Å². The van der Waals surface area contributed by atoms with Crippen LogP contribution in [0.3, 0.4) is 0 Å². The number of nitrogens with one attached hydrogen (secondary N) is 1. The fraction of sp³-hybridized carbons (Fsp3) is 0.0769. The molecule has 0 bridgehead atoms. The summed E-state index contributed by atoms with van der Waals surface area (Å²) < 4.78 is 27.0. The van der Waals surface area contributed by atoms with Gasteiger partial charge in [-0.25, -0.2) is 13.4 Å². The van der Waals surface area contributed by atoms with Gasteiger partial charge in [0.25, 0.3) is 10.0 Å². The number of aryl methyl sites for hydroxylation is 1. The molecule has 8 heteroatoms.